The number of nitrogens with zero attached hydrogens (tertiary/aromatic N) is 2. The maximum absolute atomic E-state index is 11.0. The molecule has 6 nitrogen and oxygen atoms in total. The number of aryl methyl sites for hydroxylation is 2. The molecule has 0 fully saturated rings. The number of nitrogens with one attached hydrogen (secondary N) is 1. The van der Waals surface area contributed by atoms with E-state index in [1.807, 2.05) is 32.0 Å². The van der Waals surface area contributed by atoms with Gasteiger partial charge in [-0.1, -0.05) is 11.6 Å². The fraction of sp³-hybridized carbons (Fsp3) is 0.312. The molecule has 0 unspecified atom stereocenters. The zero-order valence-corrected chi connectivity index (χ0v) is 12.6. The number of nitriles is 1. The van der Waals surface area contributed by atoms with Crippen LogP contribution in [-0.4, -0.2) is 33.3 Å². The molecule has 0 saturated carbocycles. The third-order valence-electron chi connectivity index (χ3n) is 3.50. The van der Waals surface area contributed by atoms with E-state index in [2.05, 4.69) is 10.3 Å². The lowest BCUT2D eigenvalue weighted by molar-refractivity contribution is -0.155. The summed E-state index contributed by atoms with van der Waals surface area (Å²) in [5, 5.41) is 31.7. The highest BCUT2D eigenvalue weighted by Crippen LogP contribution is 2.29. The zero-order chi connectivity index (χ0) is 16.5. The molecule has 0 saturated heterocycles. The quantitative estimate of drug-likeness (QED) is 0.797. The first-order valence-corrected chi connectivity index (χ1v) is 6.76. The standard InChI is InChI=1S/C16H17N3O3/c1-9-4-10(2)13-12(5-9)14(11(6-17)7-18-13)19-8-16(3,22)15(20)21/h4-5,7,22H,8H2,1-3H3,(H,18,19)(H,20,21)/t16-/m0/s1. The van der Waals surface area contributed by atoms with Crippen molar-refractivity contribution in [1.82, 2.24) is 4.98 Å². The number of hydrogen-bond donors (Lipinski definition) is 3. The molecular weight excluding hydrogens is 282 g/mol. The maximum atomic E-state index is 11.0. The number of carbonyl (C=O) groups is 1. The molecule has 3 N–H and O–H groups in total. The molecule has 22 heavy (non-hydrogen) atoms. The van der Waals surface area contributed by atoms with Gasteiger partial charge in [0, 0.05) is 11.6 Å². The van der Waals surface area contributed by atoms with E-state index in [1.165, 1.54) is 13.1 Å². The van der Waals surface area contributed by atoms with Gasteiger partial charge in [-0.05, 0) is 32.4 Å². The number of aromatic nitrogens is 1. The Morgan fingerprint density at radius 1 is 1.45 bits per heavy atom. The van der Waals surface area contributed by atoms with Crippen LogP contribution in [-0.2, 0) is 4.79 Å². The van der Waals surface area contributed by atoms with Crippen LogP contribution >= 0.6 is 0 Å². The van der Waals surface area contributed by atoms with Crippen LogP contribution in [0, 0.1) is 25.2 Å². The first-order valence-electron chi connectivity index (χ1n) is 6.76. The molecule has 1 heterocycles. The minimum Gasteiger partial charge on any atom is -0.479 e. The van der Waals surface area contributed by atoms with Crippen molar-refractivity contribution < 1.29 is 15.0 Å². The first kappa shape index (κ1) is 15.7. The Balaban J connectivity index is 2.56. The molecule has 114 valence electrons. The molecule has 1 aromatic carbocycles. The molecule has 0 aliphatic rings. The number of benzene rings is 1. The Morgan fingerprint density at radius 3 is 2.73 bits per heavy atom. The second-order valence-corrected chi connectivity index (χ2v) is 5.57. The van der Waals surface area contributed by atoms with Gasteiger partial charge in [-0.3, -0.25) is 4.98 Å². The lowest BCUT2D eigenvalue weighted by Gasteiger charge is -2.20. The molecule has 0 aliphatic heterocycles. The van der Waals surface area contributed by atoms with E-state index in [4.69, 9.17) is 5.11 Å². The second kappa shape index (κ2) is 5.62. The van der Waals surface area contributed by atoms with Gasteiger partial charge in [-0.25, -0.2) is 4.79 Å². The van der Waals surface area contributed by atoms with Crippen molar-refractivity contribution in [3.05, 3.63) is 35.0 Å². The third kappa shape index (κ3) is 2.85. The SMILES string of the molecule is Cc1cc(C)c2ncc(C#N)c(NC[C@](C)(O)C(=O)O)c2c1. The fourth-order valence-corrected chi connectivity index (χ4v) is 2.27. The van der Waals surface area contributed by atoms with Crippen LogP contribution in [0.2, 0.25) is 0 Å². The van der Waals surface area contributed by atoms with Gasteiger partial charge in [0.25, 0.3) is 0 Å². The molecule has 0 radical (unpaired) electrons. The highest BCUT2D eigenvalue weighted by atomic mass is 16.4. The van der Waals surface area contributed by atoms with Crippen LogP contribution in [0.1, 0.15) is 23.6 Å². The van der Waals surface area contributed by atoms with Gasteiger partial charge < -0.3 is 15.5 Å². The van der Waals surface area contributed by atoms with Gasteiger partial charge in [0.2, 0.25) is 0 Å². The van der Waals surface area contributed by atoms with Crippen LogP contribution < -0.4 is 5.32 Å². The predicted octanol–water partition coefficient (Wildman–Crippen LogP) is 1.97. The Hall–Kier alpha value is -2.65. The largest absolute Gasteiger partial charge is 0.479 e. The minimum atomic E-state index is -1.93. The van der Waals surface area contributed by atoms with E-state index >= 15 is 0 Å². The van der Waals surface area contributed by atoms with E-state index in [0.29, 0.717) is 11.3 Å². The van der Waals surface area contributed by atoms with Crippen LogP contribution in [0.5, 0.6) is 0 Å². The molecular formula is C16H17N3O3. The molecule has 0 amide bonds. The van der Waals surface area contributed by atoms with E-state index < -0.39 is 11.6 Å². The summed E-state index contributed by atoms with van der Waals surface area (Å²) in [7, 11) is 0. The highest BCUT2D eigenvalue weighted by Gasteiger charge is 2.30. The number of hydrogen-bond acceptors (Lipinski definition) is 5. The van der Waals surface area contributed by atoms with Gasteiger partial charge in [-0.15, -0.1) is 0 Å². The minimum absolute atomic E-state index is 0.219. The second-order valence-electron chi connectivity index (χ2n) is 5.57. The van der Waals surface area contributed by atoms with Gasteiger partial charge in [0.15, 0.2) is 5.60 Å². The number of carboxylic acids is 1. The van der Waals surface area contributed by atoms with Gasteiger partial charge in [0.1, 0.15) is 6.07 Å². The zero-order valence-electron chi connectivity index (χ0n) is 12.6. The van der Waals surface area contributed by atoms with E-state index in [9.17, 15) is 15.2 Å². The molecule has 2 rings (SSSR count). The Bertz CT molecular complexity index is 791. The van der Waals surface area contributed by atoms with E-state index in [-0.39, 0.29) is 6.54 Å². The summed E-state index contributed by atoms with van der Waals surface area (Å²) in [5.41, 5.74) is 1.57. The summed E-state index contributed by atoms with van der Waals surface area (Å²) in [6.07, 6.45) is 1.45. The molecule has 0 bridgehead atoms. The first-order chi connectivity index (χ1) is 10.3. The summed E-state index contributed by atoms with van der Waals surface area (Å²) in [6.45, 7) is 4.84. The number of aliphatic hydroxyl groups is 1. The topological polar surface area (TPSA) is 106 Å². The van der Waals surface area contributed by atoms with Crippen molar-refractivity contribution >= 4 is 22.6 Å². The Labute approximate surface area is 128 Å². The monoisotopic (exact) mass is 299 g/mol. The number of carboxylic acid groups (broad SMARTS) is 1. The number of aliphatic carboxylic acids is 1. The van der Waals surface area contributed by atoms with Crippen LogP contribution in [0.25, 0.3) is 10.9 Å². The lowest BCUT2D eigenvalue weighted by Crippen LogP contribution is -2.42. The summed E-state index contributed by atoms with van der Waals surface area (Å²) in [4.78, 5) is 15.3. The predicted molar refractivity (Wildman–Crippen MR) is 82.7 cm³/mol. The molecule has 1 atom stereocenters. The van der Waals surface area contributed by atoms with Gasteiger partial charge in [-0.2, -0.15) is 5.26 Å². The van der Waals surface area contributed by atoms with Crippen molar-refractivity contribution in [2.75, 3.05) is 11.9 Å². The van der Waals surface area contributed by atoms with E-state index in [1.54, 1.807) is 0 Å². The number of pyridine rings is 1. The van der Waals surface area contributed by atoms with Crippen molar-refractivity contribution in [3.63, 3.8) is 0 Å². The Kier molecular flexibility index (Phi) is 4.02. The average Bonchev–Trinajstić information content (AvgIpc) is 2.44. The van der Waals surface area contributed by atoms with Gasteiger partial charge in [0.05, 0.1) is 23.3 Å². The number of anilines is 1. The molecule has 1 aromatic heterocycles. The lowest BCUT2D eigenvalue weighted by atomic mass is 10.0. The van der Waals surface area contributed by atoms with E-state index in [0.717, 1.165) is 22.0 Å². The Morgan fingerprint density at radius 2 is 2.14 bits per heavy atom. The molecule has 0 aliphatic carbocycles. The fourth-order valence-electron chi connectivity index (χ4n) is 2.27. The summed E-state index contributed by atoms with van der Waals surface area (Å²) >= 11 is 0. The summed E-state index contributed by atoms with van der Waals surface area (Å²) < 4.78 is 0. The summed E-state index contributed by atoms with van der Waals surface area (Å²) in [6, 6.07) is 5.91. The average molecular weight is 299 g/mol. The maximum Gasteiger partial charge on any atom is 0.337 e. The van der Waals surface area contributed by atoms with Gasteiger partial charge >= 0.3 is 5.97 Å². The molecule has 2 aromatic rings. The van der Waals surface area contributed by atoms with Crippen LogP contribution in [0.3, 0.4) is 0 Å². The van der Waals surface area contributed by atoms with Crippen LogP contribution in [0.15, 0.2) is 18.3 Å². The van der Waals surface area contributed by atoms with Crippen LogP contribution in [0.4, 0.5) is 5.69 Å². The van der Waals surface area contributed by atoms with Crippen molar-refractivity contribution in [2.45, 2.75) is 26.4 Å². The number of rotatable bonds is 4. The smallest absolute Gasteiger partial charge is 0.337 e. The number of fused-ring (bicyclic) bond motifs is 1. The normalized spacial score (nSPS) is 13.4. The third-order valence-corrected chi connectivity index (χ3v) is 3.50. The molecule has 0 spiro atoms. The summed E-state index contributed by atoms with van der Waals surface area (Å²) in [5.74, 6) is -1.33. The van der Waals surface area contributed by atoms with Crippen molar-refractivity contribution in [1.29, 1.82) is 5.26 Å². The molecule has 6 heteroatoms. The highest BCUT2D eigenvalue weighted by molar-refractivity contribution is 5.96. The van der Waals surface area contributed by atoms with Crippen molar-refractivity contribution in [2.24, 2.45) is 0 Å². The van der Waals surface area contributed by atoms with Crippen molar-refractivity contribution in [3.8, 4) is 6.07 Å².